The van der Waals surface area contributed by atoms with Gasteiger partial charge in [-0.1, -0.05) is 51.0 Å². The molecule has 2 unspecified atom stereocenters. The van der Waals surface area contributed by atoms with Crippen molar-refractivity contribution in [3.63, 3.8) is 0 Å². The summed E-state index contributed by atoms with van der Waals surface area (Å²) in [4.78, 5) is 0. The summed E-state index contributed by atoms with van der Waals surface area (Å²) in [5.74, 6) is 1.62. The molecule has 0 amide bonds. The lowest BCUT2D eigenvalue weighted by Gasteiger charge is -2.20. The van der Waals surface area contributed by atoms with Crippen LogP contribution in [0.3, 0.4) is 0 Å². The van der Waals surface area contributed by atoms with Gasteiger partial charge in [0.2, 0.25) is 0 Å². The Morgan fingerprint density at radius 2 is 1.56 bits per heavy atom. The van der Waals surface area contributed by atoms with E-state index >= 15 is 0 Å². The molecule has 0 heterocycles. The Labute approximate surface area is 112 Å². The van der Waals surface area contributed by atoms with Crippen molar-refractivity contribution in [3.05, 3.63) is 35.4 Å². The molecule has 1 aromatic rings. The van der Waals surface area contributed by atoms with E-state index in [1.165, 1.54) is 30.4 Å². The van der Waals surface area contributed by atoms with Crippen LogP contribution in [0.25, 0.3) is 0 Å². The molecule has 2 rings (SSSR count). The number of benzene rings is 1. The molecular weight excluding hydrogens is 218 g/mol. The van der Waals surface area contributed by atoms with Gasteiger partial charge < -0.3 is 5.32 Å². The minimum Gasteiger partial charge on any atom is -0.308 e. The van der Waals surface area contributed by atoms with Crippen LogP contribution < -0.4 is 5.32 Å². The van der Waals surface area contributed by atoms with Crippen LogP contribution in [-0.2, 0) is 0 Å². The summed E-state index contributed by atoms with van der Waals surface area (Å²) in [6.07, 6.45) is 4.24. The fourth-order valence-electron chi connectivity index (χ4n) is 2.61. The molecule has 0 aromatic heterocycles. The quantitative estimate of drug-likeness (QED) is 0.769. The normalized spacial score (nSPS) is 18.9. The molecule has 0 radical (unpaired) electrons. The summed E-state index contributed by atoms with van der Waals surface area (Å²) in [6, 6.07) is 10.2. The maximum atomic E-state index is 3.72. The zero-order valence-corrected chi connectivity index (χ0v) is 12.2. The van der Waals surface area contributed by atoms with Crippen LogP contribution in [-0.4, -0.2) is 6.04 Å². The lowest BCUT2D eigenvalue weighted by atomic mass is 9.99. The van der Waals surface area contributed by atoms with E-state index in [-0.39, 0.29) is 0 Å². The van der Waals surface area contributed by atoms with Crippen molar-refractivity contribution in [2.75, 3.05) is 0 Å². The van der Waals surface area contributed by atoms with Crippen LogP contribution in [0.2, 0.25) is 0 Å². The first-order valence-corrected chi connectivity index (χ1v) is 7.42. The van der Waals surface area contributed by atoms with Gasteiger partial charge in [0.15, 0.2) is 0 Å². The van der Waals surface area contributed by atoms with Crippen LogP contribution in [0.15, 0.2) is 24.3 Å². The zero-order valence-electron chi connectivity index (χ0n) is 12.2. The van der Waals surface area contributed by atoms with Crippen molar-refractivity contribution in [2.45, 2.75) is 65.0 Å². The van der Waals surface area contributed by atoms with Crippen LogP contribution in [0.1, 0.15) is 70.0 Å². The Morgan fingerprint density at radius 3 is 2.06 bits per heavy atom. The van der Waals surface area contributed by atoms with Gasteiger partial charge in [0.1, 0.15) is 0 Å². The first kappa shape index (κ1) is 13.6. The van der Waals surface area contributed by atoms with Crippen molar-refractivity contribution >= 4 is 0 Å². The smallest absolute Gasteiger partial charge is 0.0294 e. The average molecular weight is 245 g/mol. The highest BCUT2D eigenvalue weighted by Crippen LogP contribution is 2.33. The number of rotatable bonds is 6. The van der Waals surface area contributed by atoms with Gasteiger partial charge in [0.05, 0.1) is 0 Å². The second-order valence-electron chi connectivity index (χ2n) is 6.29. The first-order chi connectivity index (χ1) is 8.56. The SMILES string of the molecule is CC(CC1CC1)NC(C)c1ccc(C(C)C)cc1. The van der Waals surface area contributed by atoms with Gasteiger partial charge in [-0.25, -0.2) is 0 Å². The summed E-state index contributed by atoms with van der Waals surface area (Å²) < 4.78 is 0. The van der Waals surface area contributed by atoms with Gasteiger partial charge in [0.25, 0.3) is 0 Å². The predicted octanol–water partition coefficient (Wildman–Crippen LogP) is 4.65. The molecule has 1 nitrogen and oxygen atoms in total. The summed E-state index contributed by atoms with van der Waals surface area (Å²) in [7, 11) is 0. The molecule has 1 aliphatic carbocycles. The Balaban J connectivity index is 1.88. The second-order valence-corrected chi connectivity index (χ2v) is 6.29. The Bertz CT molecular complexity index is 362. The standard InChI is InChI=1S/C17H27N/c1-12(2)16-7-9-17(10-8-16)14(4)18-13(3)11-15-5-6-15/h7-10,12-15,18H,5-6,11H2,1-4H3. The Hall–Kier alpha value is -0.820. The molecular formula is C17H27N. The molecule has 0 saturated heterocycles. The highest BCUT2D eigenvalue weighted by atomic mass is 14.9. The molecule has 1 fully saturated rings. The largest absolute Gasteiger partial charge is 0.308 e. The number of hydrogen-bond acceptors (Lipinski definition) is 1. The van der Waals surface area contributed by atoms with E-state index in [9.17, 15) is 0 Å². The second kappa shape index (κ2) is 5.88. The van der Waals surface area contributed by atoms with E-state index in [4.69, 9.17) is 0 Å². The third-order valence-corrected chi connectivity index (χ3v) is 4.02. The molecule has 1 heteroatoms. The van der Waals surface area contributed by atoms with Gasteiger partial charge in [-0.3, -0.25) is 0 Å². The summed E-state index contributed by atoms with van der Waals surface area (Å²) in [6.45, 7) is 9.08. The van der Waals surface area contributed by atoms with E-state index in [1.54, 1.807) is 0 Å². The molecule has 2 atom stereocenters. The van der Waals surface area contributed by atoms with Crippen LogP contribution in [0, 0.1) is 5.92 Å². The average Bonchev–Trinajstić information content (AvgIpc) is 3.12. The van der Waals surface area contributed by atoms with Crippen molar-refractivity contribution in [2.24, 2.45) is 5.92 Å². The predicted molar refractivity (Wildman–Crippen MR) is 78.9 cm³/mol. The highest BCUT2D eigenvalue weighted by Gasteiger charge is 2.24. The maximum Gasteiger partial charge on any atom is 0.0294 e. The van der Waals surface area contributed by atoms with Gasteiger partial charge in [-0.2, -0.15) is 0 Å². The van der Waals surface area contributed by atoms with E-state index in [2.05, 4.69) is 57.3 Å². The Morgan fingerprint density at radius 1 is 1.00 bits per heavy atom. The van der Waals surface area contributed by atoms with E-state index in [0.29, 0.717) is 18.0 Å². The molecule has 1 N–H and O–H groups in total. The zero-order chi connectivity index (χ0) is 13.1. The minimum absolute atomic E-state index is 0.458. The Kier molecular flexibility index (Phi) is 4.45. The monoisotopic (exact) mass is 245 g/mol. The maximum absolute atomic E-state index is 3.72. The summed E-state index contributed by atoms with van der Waals surface area (Å²) in [5.41, 5.74) is 2.83. The minimum atomic E-state index is 0.458. The molecule has 1 aromatic carbocycles. The van der Waals surface area contributed by atoms with Crippen LogP contribution in [0.5, 0.6) is 0 Å². The van der Waals surface area contributed by atoms with Crippen LogP contribution >= 0.6 is 0 Å². The van der Waals surface area contributed by atoms with Crippen LogP contribution in [0.4, 0.5) is 0 Å². The molecule has 0 bridgehead atoms. The van der Waals surface area contributed by atoms with Gasteiger partial charge >= 0.3 is 0 Å². The van der Waals surface area contributed by atoms with Crippen molar-refractivity contribution in [3.8, 4) is 0 Å². The van der Waals surface area contributed by atoms with E-state index in [1.807, 2.05) is 0 Å². The van der Waals surface area contributed by atoms with Crippen molar-refractivity contribution in [1.29, 1.82) is 0 Å². The topological polar surface area (TPSA) is 12.0 Å². The summed E-state index contributed by atoms with van der Waals surface area (Å²) in [5, 5.41) is 3.72. The number of nitrogens with one attached hydrogen (secondary N) is 1. The fraction of sp³-hybridized carbons (Fsp3) is 0.647. The van der Waals surface area contributed by atoms with Gasteiger partial charge in [0, 0.05) is 12.1 Å². The van der Waals surface area contributed by atoms with Crippen molar-refractivity contribution in [1.82, 2.24) is 5.32 Å². The van der Waals surface area contributed by atoms with E-state index in [0.717, 1.165) is 5.92 Å². The fourth-order valence-corrected chi connectivity index (χ4v) is 2.61. The molecule has 1 aliphatic rings. The lowest BCUT2D eigenvalue weighted by molar-refractivity contribution is 0.438. The van der Waals surface area contributed by atoms with E-state index < -0.39 is 0 Å². The highest BCUT2D eigenvalue weighted by molar-refractivity contribution is 5.26. The molecule has 0 aliphatic heterocycles. The molecule has 100 valence electrons. The summed E-state index contributed by atoms with van der Waals surface area (Å²) >= 11 is 0. The third kappa shape index (κ3) is 3.84. The molecule has 18 heavy (non-hydrogen) atoms. The van der Waals surface area contributed by atoms with Gasteiger partial charge in [-0.15, -0.1) is 0 Å². The third-order valence-electron chi connectivity index (χ3n) is 4.02. The van der Waals surface area contributed by atoms with Crippen molar-refractivity contribution < 1.29 is 0 Å². The first-order valence-electron chi connectivity index (χ1n) is 7.42. The lowest BCUT2D eigenvalue weighted by Crippen LogP contribution is -2.29. The van der Waals surface area contributed by atoms with Gasteiger partial charge in [-0.05, 0) is 43.2 Å². The molecule has 0 spiro atoms. The number of hydrogen-bond donors (Lipinski definition) is 1. The molecule has 1 saturated carbocycles.